The SMILES string of the molecule is CC1CCC2(CC1)C[C@H](N)c1ccc(Br)cc1O2. The van der Waals surface area contributed by atoms with Crippen molar-refractivity contribution in [2.75, 3.05) is 0 Å². The molecule has 0 unspecified atom stereocenters. The predicted molar refractivity (Wildman–Crippen MR) is 76.7 cm³/mol. The number of nitrogens with two attached hydrogens (primary N) is 1. The average Bonchev–Trinajstić information content (AvgIpc) is 2.33. The van der Waals surface area contributed by atoms with Gasteiger partial charge in [-0.3, -0.25) is 0 Å². The van der Waals surface area contributed by atoms with Crippen LogP contribution in [0.5, 0.6) is 5.75 Å². The Morgan fingerprint density at radius 3 is 2.78 bits per heavy atom. The molecular formula is C15H20BrNO. The molecule has 1 fully saturated rings. The van der Waals surface area contributed by atoms with Crippen LogP contribution in [-0.4, -0.2) is 5.60 Å². The molecule has 1 aliphatic heterocycles. The first-order valence-electron chi connectivity index (χ1n) is 6.82. The van der Waals surface area contributed by atoms with Crippen LogP contribution < -0.4 is 10.5 Å². The lowest BCUT2D eigenvalue weighted by Crippen LogP contribution is -2.45. The molecule has 1 atom stereocenters. The van der Waals surface area contributed by atoms with Crippen molar-refractivity contribution in [3.05, 3.63) is 28.2 Å². The molecule has 1 heterocycles. The van der Waals surface area contributed by atoms with E-state index in [-0.39, 0.29) is 11.6 Å². The van der Waals surface area contributed by atoms with Crippen molar-refractivity contribution < 1.29 is 4.74 Å². The van der Waals surface area contributed by atoms with Gasteiger partial charge < -0.3 is 10.5 Å². The summed E-state index contributed by atoms with van der Waals surface area (Å²) in [5.74, 6) is 1.82. The molecule has 0 saturated heterocycles. The highest BCUT2D eigenvalue weighted by Gasteiger charge is 2.41. The van der Waals surface area contributed by atoms with Gasteiger partial charge in [0.05, 0.1) is 0 Å². The van der Waals surface area contributed by atoms with E-state index in [2.05, 4.69) is 35.0 Å². The van der Waals surface area contributed by atoms with Crippen LogP contribution in [0, 0.1) is 5.92 Å². The van der Waals surface area contributed by atoms with Crippen molar-refractivity contribution in [2.45, 2.75) is 50.7 Å². The van der Waals surface area contributed by atoms with Crippen molar-refractivity contribution >= 4 is 15.9 Å². The molecule has 1 saturated carbocycles. The van der Waals surface area contributed by atoms with Crippen LogP contribution in [0.15, 0.2) is 22.7 Å². The second-order valence-corrected chi connectivity index (χ2v) is 6.88. The third-order valence-corrected chi connectivity index (χ3v) is 4.97. The first-order valence-corrected chi connectivity index (χ1v) is 7.61. The first kappa shape index (κ1) is 12.5. The highest BCUT2D eigenvalue weighted by Crippen LogP contribution is 2.46. The van der Waals surface area contributed by atoms with Crippen LogP contribution in [0.1, 0.15) is 50.6 Å². The van der Waals surface area contributed by atoms with E-state index < -0.39 is 0 Å². The Morgan fingerprint density at radius 2 is 2.06 bits per heavy atom. The Kier molecular flexibility index (Phi) is 3.15. The summed E-state index contributed by atoms with van der Waals surface area (Å²) >= 11 is 3.51. The van der Waals surface area contributed by atoms with Crippen molar-refractivity contribution in [1.29, 1.82) is 0 Å². The van der Waals surface area contributed by atoms with Gasteiger partial charge in [-0.2, -0.15) is 0 Å². The molecule has 1 aromatic rings. The highest BCUT2D eigenvalue weighted by atomic mass is 79.9. The molecule has 3 rings (SSSR count). The zero-order valence-electron chi connectivity index (χ0n) is 10.8. The smallest absolute Gasteiger partial charge is 0.126 e. The molecule has 0 aromatic heterocycles. The van der Waals surface area contributed by atoms with Crippen LogP contribution in [0.25, 0.3) is 0 Å². The Morgan fingerprint density at radius 1 is 1.33 bits per heavy atom. The molecule has 2 N–H and O–H groups in total. The van der Waals surface area contributed by atoms with E-state index in [0.29, 0.717) is 0 Å². The van der Waals surface area contributed by atoms with E-state index in [1.165, 1.54) is 12.8 Å². The highest BCUT2D eigenvalue weighted by molar-refractivity contribution is 9.10. The molecule has 1 spiro atoms. The number of benzene rings is 1. The number of rotatable bonds is 0. The van der Waals surface area contributed by atoms with Gasteiger partial charge in [0, 0.05) is 22.5 Å². The van der Waals surface area contributed by atoms with Crippen LogP contribution in [-0.2, 0) is 0 Å². The topological polar surface area (TPSA) is 35.2 Å². The zero-order valence-corrected chi connectivity index (χ0v) is 12.4. The number of halogens is 1. The summed E-state index contributed by atoms with van der Waals surface area (Å²) in [6.45, 7) is 2.33. The number of fused-ring (bicyclic) bond motifs is 1. The van der Waals surface area contributed by atoms with E-state index in [9.17, 15) is 0 Å². The molecule has 18 heavy (non-hydrogen) atoms. The lowest BCUT2D eigenvalue weighted by atomic mass is 9.74. The normalized spacial score (nSPS) is 35.1. The van der Waals surface area contributed by atoms with Crippen LogP contribution in [0.3, 0.4) is 0 Å². The second kappa shape index (κ2) is 4.53. The molecule has 2 aliphatic rings. The summed E-state index contributed by atoms with van der Waals surface area (Å²) in [6, 6.07) is 6.31. The van der Waals surface area contributed by atoms with Gasteiger partial charge >= 0.3 is 0 Å². The third-order valence-electron chi connectivity index (χ3n) is 4.48. The van der Waals surface area contributed by atoms with Gasteiger partial charge in [0.2, 0.25) is 0 Å². The summed E-state index contributed by atoms with van der Waals surface area (Å²) < 4.78 is 7.41. The molecule has 0 bridgehead atoms. The summed E-state index contributed by atoms with van der Waals surface area (Å²) in [6.07, 6.45) is 5.78. The minimum atomic E-state index is -0.000278. The van der Waals surface area contributed by atoms with Gasteiger partial charge in [-0.25, -0.2) is 0 Å². The van der Waals surface area contributed by atoms with Crippen LogP contribution in [0.4, 0.5) is 0 Å². The van der Waals surface area contributed by atoms with Gasteiger partial charge in [0.15, 0.2) is 0 Å². The zero-order chi connectivity index (χ0) is 12.8. The van der Waals surface area contributed by atoms with Gasteiger partial charge in [-0.15, -0.1) is 0 Å². The van der Waals surface area contributed by atoms with Crippen LogP contribution in [0.2, 0.25) is 0 Å². The van der Waals surface area contributed by atoms with E-state index >= 15 is 0 Å². The predicted octanol–water partition coefficient (Wildman–Crippen LogP) is 4.18. The standard InChI is InChI=1S/C15H20BrNO/c1-10-4-6-15(7-5-10)9-13(17)12-3-2-11(16)8-14(12)18-15/h2-3,8,10,13H,4-7,9,17H2,1H3/t10?,13-,15?/m0/s1. The number of hydrogen-bond donors (Lipinski definition) is 1. The fourth-order valence-electron chi connectivity index (χ4n) is 3.28. The Labute approximate surface area is 117 Å². The van der Waals surface area contributed by atoms with Gasteiger partial charge in [-0.05, 0) is 43.7 Å². The van der Waals surface area contributed by atoms with E-state index in [0.717, 1.165) is 41.0 Å². The fraction of sp³-hybridized carbons (Fsp3) is 0.600. The molecule has 2 nitrogen and oxygen atoms in total. The Bertz CT molecular complexity index is 452. The fourth-order valence-corrected chi connectivity index (χ4v) is 3.62. The van der Waals surface area contributed by atoms with E-state index in [1.54, 1.807) is 0 Å². The maximum Gasteiger partial charge on any atom is 0.126 e. The Hall–Kier alpha value is -0.540. The minimum absolute atomic E-state index is 0.000278. The number of hydrogen-bond acceptors (Lipinski definition) is 2. The molecule has 1 aliphatic carbocycles. The molecule has 1 aromatic carbocycles. The third kappa shape index (κ3) is 2.19. The second-order valence-electron chi connectivity index (χ2n) is 5.96. The summed E-state index contributed by atoms with van der Waals surface area (Å²) in [7, 11) is 0. The average molecular weight is 310 g/mol. The number of ether oxygens (including phenoxy) is 1. The maximum absolute atomic E-state index is 6.35. The molecule has 3 heteroatoms. The quantitative estimate of drug-likeness (QED) is 0.780. The summed E-state index contributed by atoms with van der Waals surface area (Å²) in [5.41, 5.74) is 7.50. The lowest BCUT2D eigenvalue weighted by molar-refractivity contribution is -0.00858. The lowest BCUT2D eigenvalue weighted by Gasteiger charge is -2.45. The summed E-state index contributed by atoms with van der Waals surface area (Å²) in [5, 5.41) is 0. The van der Waals surface area contributed by atoms with Crippen molar-refractivity contribution in [2.24, 2.45) is 11.7 Å². The van der Waals surface area contributed by atoms with Gasteiger partial charge in [-0.1, -0.05) is 28.9 Å². The van der Waals surface area contributed by atoms with Gasteiger partial charge in [0.1, 0.15) is 11.4 Å². The maximum atomic E-state index is 6.35. The van der Waals surface area contributed by atoms with Crippen molar-refractivity contribution in [3.8, 4) is 5.75 Å². The summed E-state index contributed by atoms with van der Waals surface area (Å²) in [4.78, 5) is 0. The monoisotopic (exact) mass is 309 g/mol. The van der Waals surface area contributed by atoms with Crippen molar-refractivity contribution in [1.82, 2.24) is 0 Å². The van der Waals surface area contributed by atoms with E-state index in [1.807, 2.05) is 6.07 Å². The van der Waals surface area contributed by atoms with Crippen molar-refractivity contribution in [3.63, 3.8) is 0 Å². The van der Waals surface area contributed by atoms with Gasteiger partial charge in [0.25, 0.3) is 0 Å². The largest absolute Gasteiger partial charge is 0.487 e. The molecule has 98 valence electrons. The van der Waals surface area contributed by atoms with E-state index in [4.69, 9.17) is 10.5 Å². The Balaban J connectivity index is 1.90. The first-order chi connectivity index (χ1) is 8.58. The minimum Gasteiger partial charge on any atom is -0.487 e. The molecular weight excluding hydrogens is 290 g/mol. The molecule has 0 amide bonds. The van der Waals surface area contributed by atoms with Crippen LogP contribution >= 0.6 is 15.9 Å². The molecule has 0 radical (unpaired) electrons.